The Morgan fingerprint density at radius 2 is 1.72 bits per heavy atom. The summed E-state index contributed by atoms with van der Waals surface area (Å²) in [6.07, 6.45) is 3.50. The maximum Gasteiger partial charge on any atom is 0.496 e. The molecule has 3 N–H and O–H groups in total. The van der Waals surface area contributed by atoms with Gasteiger partial charge >= 0.3 is 7.12 Å². The van der Waals surface area contributed by atoms with Crippen LogP contribution in [0, 0.1) is 0 Å². The molecule has 25 heavy (non-hydrogen) atoms. The van der Waals surface area contributed by atoms with Crippen molar-refractivity contribution in [2.75, 3.05) is 0 Å². The van der Waals surface area contributed by atoms with Crippen LogP contribution in [-0.4, -0.2) is 23.3 Å². The molecule has 1 aliphatic rings. The van der Waals surface area contributed by atoms with Gasteiger partial charge in [0.25, 0.3) is 0 Å². The second-order valence-electron chi connectivity index (χ2n) is 7.38. The van der Waals surface area contributed by atoms with Crippen molar-refractivity contribution in [3.63, 3.8) is 0 Å². The van der Waals surface area contributed by atoms with E-state index in [2.05, 4.69) is 29.8 Å². The lowest BCUT2D eigenvalue weighted by Gasteiger charge is -2.32. The van der Waals surface area contributed by atoms with E-state index < -0.39 is 18.3 Å². The van der Waals surface area contributed by atoms with Gasteiger partial charge in [-0.3, -0.25) is 0 Å². The van der Waals surface area contributed by atoms with Crippen molar-refractivity contribution in [2.24, 2.45) is 5.73 Å². The highest BCUT2D eigenvalue weighted by Crippen LogP contribution is 2.38. The molecule has 0 spiro atoms. The fraction of sp³-hybridized carbons (Fsp3) is 0.300. The second-order valence-corrected chi connectivity index (χ2v) is 7.38. The zero-order valence-corrected chi connectivity index (χ0v) is 15.3. The molecule has 1 aromatic carbocycles. The molecule has 1 fully saturated rings. The number of aromatic amines is 1. The monoisotopic (exact) mass is 336 g/mol. The van der Waals surface area contributed by atoms with Crippen LogP contribution in [0.25, 0.3) is 23.9 Å². The van der Waals surface area contributed by atoms with Gasteiger partial charge in [0.15, 0.2) is 0 Å². The van der Waals surface area contributed by atoms with Crippen LogP contribution in [0.2, 0.25) is 0 Å². The average Bonchev–Trinajstić information content (AvgIpc) is 3.02. The standard InChI is InChI=1S/C20H25BN2O2/c1-14-16(12-18(23-14)15-9-7-6-8-10-15)11-17(13-22)21-24-19(2,3)20(4,5)25-21/h6-13,23H,1,22H2,2-5H3/b16-11-,17-13+. The van der Waals surface area contributed by atoms with Gasteiger partial charge in [-0.15, -0.1) is 0 Å². The largest absolute Gasteiger partial charge is 0.496 e. The molecule has 1 aliphatic heterocycles. The first-order valence-electron chi connectivity index (χ1n) is 8.46. The van der Waals surface area contributed by atoms with E-state index in [0.717, 1.165) is 27.3 Å². The second kappa shape index (κ2) is 6.25. The van der Waals surface area contributed by atoms with Crippen molar-refractivity contribution in [1.82, 2.24) is 4.98 Å². The Hall–Kier alpha value is -2.24. The predicted molar refractivity (Wildman–Crippen MR) is 104 cm³/mol. The van der Waals surface area contributed by atoms with Gasteiger partial charge in [0.05, 0.1) is 11.2 Å². The van der Waals surface area contributed by atoms with E-state index in [0.29, 0.717) is 0 Å². The van der Waals surface area contributed by atoms with Crippen molar-refractivity contribution in [1.29, 1.82) is 0 Å². The molecule has 0 bridgehead atoms. The van der Waals surface area contributed by atoms with E-state index >= 15 is 0 Å². The van der Waals surface area contributed by atoms with Crippen molar-refractivity contribution in [3.8, 4) is 11.3 Å². The minimum atomic E-state index is -0.496. The Morgan fingerprint density at radius 3 is 2.28 bits per heavy atom. The lowest BCUT2D eigenvalue weighted by Crippen LogP contribution is -2.41. The summed E-state index contributed by atoms with van der Waals surface area (Å²) >= 11 is 0. The minimum absolute atomic E-state index is 0.402. The number of H-pyrrole nitrogens is 1. The zero-order chi connectivity index (χ0) is 18.2. The molecule has 1 aromatic heterocycles. The normalized spacial score (nSPS) is 20.2. The van der Waals surface area contributed by atoms with E-state index in [1.165, 1.54) is 6.20 Å². The summed E-state index contributed by atoms with van der Waals surface area (Å²) in [5, 5.41) is 1.79. The fourth-order valence-corrected chi connectivity index (χ4v) is 2.77. The molecule has 0 saturated carbocycles. The Kier molecular flexibility index (Phi) is 4.39. The fourth-order valence-electron chi connectivity index (χ4n) is 2.77. The first-order chi connectivity index (χ1) is 11.7. The smallest absolute Gasteiger partial charge is 0.405 e. The van der Waals surface area contributed by atoms with Crippen LogP contribution in [0.4, 0.5) is 0 Å². The van der Waals surface area contributed by atoms with Gasteiger partial charge in [0.2, 0.25) is 0 Å². The molecule has 0 amide bonds. The van der Waals surface area contributed by atoms with Crippen molar-refractivity contribution >= 4 is 19.8 Å². The Bertz CT molecular complexity index is 882. The highest BCUT2D eigenvalue weighted by atomic mass is 16.7. The topological polar surface area (TPSA) is 60.3 Å². The van der Waals surface area contributed by atoms with Gasteiger partial charge < -0.3 is 20.0 Å². The van der Waals surface area contributed by atoms with Gasteiger partial charge in [0, 0.05) is 11.0 Å². The Labute approximate surface area is 149 Å². The molecule has 2 heterocycles. The summed E-state index contributed by atoms with van der Waals surface area (Å²) in [5.41, 5.74) is 7.96. The number of hydrogen-bond donors (Lipinski definition) is 2. The molecule has 0 unspecified atom stereocenters. The third-order valence-corrected chi connectivity index (χ3v) is 5.06. The molecule has 0 radical (unpaired) electrons. The summed E-state index contributed by atoms with van der Waals surface area (Å²) in [7, 11) is -0.496. The first kappa shape index (κ1) is 17.6. The quantitative estimate of drug-likeness (QED) is 0.846. The van der Waals surface area contributed by atoms with Crippen LogP contribution >= 0.6 is 0 Å². The third kappa shape index (κ3) is 3.30. The van der Waals surface area contributed by atoms with Gasteiger partial charge in [0.1, 0.15) is 0 Å². The minimum Gasteiger partial charge on any atom is -0.405 e. The summed E-state index contributed by atoms with van der Waals surface area (Å²) in [4.78, 5) is 3.32. The lowest BCUT2D eigenvalue weighted by atomic mass is 9.78. The maximum absolute atomic E-state index is 6.09. The summed E-state index contributed by atoms with van der Waals surface area (Å²) < 4.78 is 12.2. The van der Waals surface area contributed by atoms with Gasteiger partial charge in [-0.25, -0.2) is 0 Å². The van der Waals surface area contributed by atoms with Gasteiger partial charge in [-0.2, -0.15) is 0 Å². The number of nitrogens with one attached hydrogen (secondary N) is 1. The number of benzene rings is 1. The van der Waals surface area contributed by atoms with Crippen molar-refractivity contribution < 1.29 is 9.31 Å². The highest BCUT2D eigenvalue weighted by Gasteiger charge is 2.52. The van der Waals surface area contributed by atoms with Gasteiger partial charge in [-0.05, 0) is 56.2 Å². The van der Waals surface area contributed by atoms with E-state index in [9.17, 15) is 0 Å². The molecule has 4 nitrogen and oxygen atoms in total. The van der Waals surface area contributed by atoms with E-state index in [4.69, 9.17) is 15.0 Å². The van der Waals surface area contributed by atoms with E-state index in [1.807, 2.05) is 52.0 Å². The molecule has 0 aliphatic carbocycles. The van der Waals surface area contributed by atoms with Crippen LogP contribution in [0.5, 0.6) is 0 Å². The number of hydrogen-bond acceptors (Lipinski definition) is 3. The molecule has 5 heteroatoms. The molecule has 130 valence electrons. The van der Waals surface area contributed by atoms with Crippen LogP contribution in [-0.2, 0) is 9.31 Å². The highest BCUT2D eigenvalue weighted by molar-refractivity contribution is 6.57. The molecule has 3 rings (SSSR count). The molecular formula is C20H25BN2O2. The lowest BCUT2D eigenvalue weighted by molar-refractivity contribution is 0.00578. The van der Waals surface area contributed by atoms with Crippen LogP contribution < -0.4 is 16.3 Å². The molecular weight excluding hydrogens is 311 g/mol. The SMILES string of the molecule is C=c1[nH]c(-c2ccccc2)c/c1=C/C(=C\N)B1OC(C)(C)C(C)(C)O1. The number of rotatable bonds is 3. The number of nitrogens with two attached hydrogens (primary N) is 1. The van der Waals surface area contributed by atoms with Crippen LogP contribution in [0.3, 0.4) is 0 Å². The molecule has 0 atom stereocenters. The maximum atomic E-state index is 6.09. The van der Waals surface area contributed by atoms with E-state index in [1.54, 1.807) is 0 Å². The Balaban J connectivity index is 1.95. The third-order valence-electron chi connectivity index (χ3n) is 5.06. The summed E-state index contributed by atoms with van der Waals surface area (Å²) in [5.74, 6) is 0. The predicted octanol–water partition coefficient (Wildman–Crippen LogP) is 2.35. The van der Waals surface area contributed by atoms with Crippen molar-refractivity contribution in [2.45, 2.75) is 38.9 Å². The first-order valence-corrected chi connectivity index (χ1v) is 8.46. The summed E-state index contributed by atoms with van der Waals surface area (Å²) in [6, 6.07) is 12.2. The number of allylic oxidation sites excluding steroid dienone is 1. The van der Waals surface area contributed by atoms with Gasteiger partial charge in [-0.1, -0.05) is 43.0 Å². The molecule has 2 aromatic rings. The van der Waals surface area contributed by atoms with Crippen molar-refractivity contribution in [3.05, 3.63) is 58.6 Å². The zero-order valence-electron chi connectivity index (χ0n) is 15.3. The molecule has 1 saturated heterocycles. The Morgan fingerprint density at radius 1 is 1.12 bits per heavy atom. The summed E-state index contributed by atoms with van der Waals surface area (Å²) in [6.45, 7) is 12.2. The number of aromatic nitrogens is 1. The van der Waals surface area contributed by atoms with E-state index in [-0.39, 0.29) is 0 Å². The average molecular weight is 336 g/mol. The van der Waals surface area contributed by atoms with Crippen LogP contribution in [0.15, 0.2) is 48.1 Å². The van der Waals surface area contributed by atoms with Crippen LogP contribution in [0.1, 0.15) is 27.7 Å².